The van der Waals surface area contributed by atoms with Gasteiger partial charge in [0.1, 0.15) is 24.2 Å². The van der Waals surface area contributed by atoms with Crippen LogP contribution in [-0.2, 0) is 4.79 Å². The van der Waals surface area contributed by atoms with E-state index >= 15 is 0 Å². The summed E-state index contributed by atoms with van der Waals surface area (Å²) in [5.74, 6) is 0.895. The number of likely N-dealkylation sites (tertiary alicyclic amines) is 1. The zero-order chi connectivity index (χ0) is 16.6. The highest BCUT2D eigenvalue weighted by atomic mass is 16.2. The smallest absolute Gasteiger partial charge is 0.237 e. The van der Waals surface area contributed by atoms with E-state index in [9.17, 15) is 4.79 Å². The van der Waals surface area contributed by atoms with Gasteiger partial charge in [0.25, 0.3) is 0 Å². The molecule has 2 aromatic heterocycles. The lowest BCUT2D eigenvalue weighted by molar-refractivity contribution is -0.134. The number of nitrogens with one attached hydrogen (secondary N) is 1. The number of rotatable bonds is 2. The van der Waals surface area contributed by atoms with E-state index in [2.05, 4.69) is 19.9 Å². The second-order valence-corrected chi connectivity index (χ2v) is 6.67. The van der Waals surface area contributed by atoms with Gasteiger partial charge >= 0.3 is 0 Å². The van der Waals surface area contributed by atoms with E-state index in [0.29, 0.717) is 0 Å². The first-order valence-electron chi connectivity index (χ1n) is 8.44. The summed E-state index contributed by atoms with van der Waals surface area (Å²) in [6, 6.07) is 4.00. The third-order valence-electron chi connectivity index (χ3n) is 5.32. The number of fused-ring (bicyclic) bond motifs is 1. The molecular weight excluding hydrogens is 304 g/mol. The van der Waals surface area contributed by atoms with Crippen molar-refractivity contribution < 1.29 is 4.79 Å². The Balaban J connectivity index is 1.65. The first-order valence-corrected chi connectivity index (χ1v) is 8.44. The van der Waals surface area contributed by atoms with Crippen molar-refractivity contribution in [2.24, 2.45) is 0 Å². The summed E-state index contributed by atoms with van der Waals surface area (Å²) >= 11 is 0. The first-order chi connectivity index (χ1) is 11.7. The molecule has 1 amide bonds. The Labute approximate surface area is 140 Å². The Bertz CT molecular complexity index is 809. The van der Waals surface area contributed by atoms with Gasteiger partial charge in [0.2, 0.25) is 5.91 Å². The van der Waals surface area contributed by atoms with Crippen LogP contribution >= 0.6 is 0 Å². The standard InChI is InChI=1S/C17H20N6O/c18-7-3-14(24)23-10-2-6-17(23)5-1-9-22(11-17)16-13-4-8-19-15(13)20-12-21-16/h4,8,12H,1-3,5-6,9-11H2,(H,19,20,21). The summed E-state index contributed by atoms with van der Waals surface area (Å²) in [6.45, 7) is 2.47. The van der Waals surface area contributed by atoms with Crippen LogP contribution < -0.4 is 4.90 Å². The molecule has 7 nitrogen and oxygen atoms in total. The van der Waals surface area contributed by atoms with Crippen LogP contribution in [0.15, 0.2) is 18.6 Å². The molecule has 1 unspecified atom stereocenters. The van der Waals surface area contributed by atoms with Gasteiger partial charge < -0.3 is 14.8 Å². The molecule has 124 valence electrons. The van der Waals surface area contributed by atoms with Gasteiger partial charge in [0.15, 0.2) is 0 Å². The summed E-state index contributed by atoms with van der Waals surface area (Å²) in [6.07, 6.45) is 7.46. The lowest BCUT2D eigenvalue weighted by Gasteiger charge is -2.46. The molecule has 2 aromatic rings. The predicted molar refractivity (Wildman–Crippen MR) is 89.2 cm³/mol. The van der Waals surface area contributed by atoms with Gasteiger partial charge in [-0.15, -0.1) is 0 Å². The van der Waals surface area contributed by atoms with E-state index in [0.717, 1.165) is 62.2 Å². The predicted octanol–water partition coefficient (Wildman–Crippen LogP) is 1.83. The number of piperidine rings is 1. The topological polar surface area (TPSA) is 88.9 Å². The Hall–Kier alpha value is -2.62. The van der Waals surface area contributed by atoms with Crippen LogP contribution in [0.25, 0.3) is 11.0 Å². The molecule has 1 spiro atoms. The molecule has 0 saturated carbocycles. The van der Waals surface area contributed by atoms with Crippen LogP contribution in [0.1, 0.15) is 32.1 Å². The number of H-pyrrole nitrogens is 1. The number of nitrogens with zero attached hydrogens (tertiary/aromatic N) is 5. The van der Waals surface area contributed by atoms with Gasteiger partial charge in [0.05, 0.1) is 17.0 Å². The Morgan fingerprint density at radius 2 is 2.17 bits per heavy atom. The van der Waals surface area contributed by atoms with E-state index in [1.54, 1.807) is 6.33 Å². The summed E-state index contributed by atoms with van der Waals surface area (Å²) in [4.78, 5) is 28.5. The minimum atomic E-state index is -0.153. The molecule has 7 heteroatoms. The Morgan fingerprint density at radius 3 is 3.00 bits per heavy atom. The number of anilines is 1. The molecule has 0 aliphatic carbocycles. The summed E-state index contributed by atoms with van der Waals surface area (Å²) < 4.78 is 0. The molecule has 2 saturated heterocycles. The van der Waals surface area contributed by atoms with Gasteiger partial charge in [-0.3, -0.25) is 4.79 Å². The van der Waals surface area contributed by atoms with Crippen molar-refractivity contribution in [2.45, 2.75) is 37.6 Å². The van der Waals surface area contributed by atoms with Gasteiger partial charge in [-0.2, -0.15) is 5.26 Å². The molecule has 0 bridgehead atoms. The van der Waals surface area contributed by atoms with Crippen molar-refractivity contribution in [3.63, 3.8) is 0 Å². The van der Waals surface area contributed by atoms with Crippen LogP contribution in [0.3, 0.4) is 0 Å². The average Bonchev–Trinajstić information content (AvgIpc) is 3.22. The fourth-order valence-electron chi connectivity index (χ4n) is 4.32. The Kier molecular flexibility index (Phi) is 3.60. The van der Waals surface area contributed by atoms with Crippen LogP contribution in [0.5, 0.6) is 0 Å². The van der Waals surface area contributed by atoms with E-state index in [4.69, 9.17) is 5.26 Å². The summed E-state index contributed by atoms with van der Waals surface area (Å²) in [7, 11) is 0. The number of carbonyl (C=O) groups is 1. The maximum Gasteiger partial charge on any atom is 0.237 e. The molecule has 4 rings (SSSR count). The second-order valence-electron chi connectivity index (χ2n) is 6.67. The van der Waals surface area contributed by atoms with Crippen LogP contribution in [-0.4, -0.2) is 50.9 Å². The highest BCUT2D eigenvalue weighted by molar-refractivity contribution is 5.87. The van der Waals surface area contributed by atoms with Crippen molar-refractivity contribution in [3.05, 3.63) is 18.6 Å². The number of carbonyl (C=O) groups excluding carboxylic acids is 1. The minimum absolute atomic E-state index is 0.0304. The van der Waals surface area contributed by atoms with Crippen molar-refractivity contribution in [1.82, 2.24) is 19.9 Å². The van der Waals surface area contributed by atoms with Crippen LogP contribution in [0, 0.1) is 11.3 Å². The van der Waals surface area contributed by atoms with Gasteiger partial charge in [0, 0.05) is 25.8 Å². The molecule has 1 N–H and O–H groups in total. The molecule has 0 aromatic carbocycles. The van der Waals surface area contributed by atoms with Gasteiger partial charge in [-0.1, -0.05) is 0 Å². The molecule has 2 aliphatic heterocycles. The maximum atomic E-state index is 12.4. The zero-order valence-electron chi connectivity index (χ0n) is 13.5. The van der Waals surface area contributed by atoms with Gasteiger partial charge in [-0.05, 0) is 31.7 Å². The highest BCUT2D eigenvalue weighted by Gasteiger charge is 2.46. The van der Waals surface area contributed by atoms with Crippen molar-refractivity contribution in [1.29, 1.82) is 5.26 Å². The van der Waals surface area contributed by atoms with Gasteiger partial charge in [-0.25, -0.2) is 9.97 Å². The number of hydrogen-bond donors (Lipinski definition) is 1. The quantitative estimate of drug-likeness (QED) is 0.910. The minimum Gasteiger partial charge on any atom is -0.354 e. The zero-order valence-corrected chi connectivity index (χ0v) is 13.5. The molecule has 0 radical (unpaired) electrons. The molecule has 2 fully saturated rings. The second kappa shape index (κ2) is 5.78. The molecular formula is C17H20N6O. The first kappa shape index (κ1) is 14.9. The highest BCUT2D eigenvalue weighted by Crippen LogP contribution is 2.39. The van der Waals surface area contributed by atoms with Crippen molar-refractivity contribution in [2.75, 3.05) is 24.5 Å². The number of amides is 1. The lowest BCUT2D eigenvalue weighted by atomic mass is 9.86. The van der Waals surface area contributed by atoms with E-state index in [1.807, 2.05) is 23.2 Å². The normalized spacial score (nSPS) is 23.8. The third kappa shape index (κ3) is 2.30. The van der Waals surface area contributed by atoms with E-state index in [1.165, 1.54) is 0 Å². The lowest BCUT2D eigenvalue weighted by Crippen LogP contribution is -2.57. The molecule has 2 aliphatic rings. The third-order valence-corrected chi connectivity index (χ3v) is 5.32. The SMILES string of the molecule is N#CCC(=O)N1CCCC12CCCN(c1ncnc3[nH]ccc13)C2. The Morgan fingerprint density at radius 1 is 1.33 bits per heavy atom. The maximum absolute atomic E-state index is 12.4. The average molecular weight is 324 g/mol. The number of aromatic nitrogens is 3. The molecule has 1 atom stereocenters. The fraction of sp³-hybridized carbons (Fsp3) is 0.529. The number of aromatic amines is 1. The fourth-order valence-corrected chi connectivity index (χ4v) is 4.32. The van der Waals surface area contributed by atoms with Crippen molar-refractivity contribution >= 4 is 22.8 Å². The largest absolute Gasteiger partial charge is 0.354 e. The monoisotopic (exact) mass is 324 g/mol. The van der Waals surface area contributed by atoms with Crippen LogP contribution in [0.2, 0.25) is 0 Å². The number of nitriles is 1. The van der Waals surface area contributed by atoms with E-state index < -0.39 is 0 Å². The molecule has 24 heavy (non-hydrogen) atoms. The summed E-state index contributed by atoms with van der Waals surface area (Å²) in [5.41, 5.74) is 0.684. The summed E-state index contributed by atoms with van der Waals surface area (Å²) in [5, 5.41) is 9.90. The molecule has 4 heterocycles. The van der Waals surface area contributed by atoms with E-state index in [-0.39, 0.29) is 17.9 Å². The number of hydrogen-bond acceptors (Lipinski definition) is 5. The van der Waals surface area contributed by atoms with Crippen molar-refractivity contribution in [3.8, 4) is 6.07 Å². The van der Waals surface area contributed by atoms with Crippen LogP contribution in [0.4, 0.5) is 5.82 Å².